The summed E-state index contributed by atoms with van der Waals surface area (Å²) < 4.78 is 15.8. The van der Waals surface area contributed by atoms with E-state index in [4.69, 9.17) is 14.2 Å². The molecule has 4 aromatic rings. The van der Waals surface area contributed by atoms with Gasteiger partial charge in [-0.05, 0) is 119 Å². The van der Waals surface area contributed by atoms with Gasteiger partial charge in [-0.2, -0.15) is 0 Å². The molecule has 0 spiro atoms. The Morgan fingerprint density at radius 1 is 0.530 bits per heavy atom. The van der Waals surface area contributed by atoms with Gasteiger partial charge in [0.25, 0.3) is 0 Å². The quantitative estimate of drug-likeness (QED) is 0.120. The number of amides is 2. The second-order valence-corrected chi connectivity index (χ2v) is 19.4. The van der Waals surface area contributed by atoms with Gasteiger partial charge >= 0.3 is 18.0 Å². The number of ether oxygens (including phenoxy) is 3. The van der Waals surface area contributed by atoms with Crippen molar-refractivity contribution < 1.29 is 33.4 Å². The molecule has 66 heavy (non-hydrogen) atoms. The van der Waals surface area contributed by atoms with Crippen LogP contribution in [0.4, 0.5) is 4.79 Å². The molecule has 0 saturated carbocycles. The van der Waals surface area contributed by atoms with Gasteiger partial charge in [0.1, 0.15) is 17.7 Å². The Morgan fingerprint density at radius 3 is 1.33 bits per heavy atom. The fourth-order valence-electron chi connectivity index (χ4n) is 10.7. The molecule has 4 fully saturated rings. The maximum Gasteiger partial charge on any atom is 0.411 e. The van der Waals surface area contributed by atoms with E-state index in [1.165, 1.54) is 38.2 Å². The molecule has 2 amide bonds. The summed E-state index contributed by atoms with van der Waals surface area (Å²) in [6.07, 6.45) is 7.13. The number of esters is 2. The van der Waals surface area contributed by atoms with Gasteiger partial charge in [0.15, 0.2) is 0 Å². The second kappa shape index (κ2) is 22.8. The Bertz CT molecular complexity index is 2130. The molecular formula is C55H70N4O7. The van der Waals surface area contributed by atoms with E-state index in [0.29, 0.717) is 37.8 Å². The normalized spacial score (nSPS) is 24.1. The number of carbonyl (C=O) groups is 4. The lowest BCUT2D eigenvalue weighted by Gasteiger charge is -2.45. The van der Waals surface area contributed by atoms with Crippen molar-refractivity contribution in [3.8, 4) is 0 Å². The molecule has 4 saturated heterocycles. The molecule has 4 aromatic carbocycles. The van der Waals surface area contributed by atoms with Gasteiger partial charge in [-0.15, -0.1) is 0 Å². The number of carbonyl (C=O) groups excluding carboxylic acids is 4. The highest BCUT2D eigenvalue weighted by atomic mass is 16.6. The number of piperidine rings is 4. The number of hydrogen-bond donors (Lipinski definition) is 0. The SMILES string of the molecule is COC(=O)[C@@H]1C[C@@H](N2CCC[C@@H](c3ccccc3)C2)CCN1C(=O)C(c1ccccc1)c1ccccc1.COC(=O)[C@@H]1C[C@@H](N2CCC[C@@H](c3ccccc3)C2)CCN1C(=O)OC(C)(C)C. The average Bonchev–Trinajstić information content (AvgIpc) is 3.36. The van der Waals surface area contributed by atoms with Gasteiger partial charge in [-0.1, -0.05) is 121 Å². The van der Waals surface area contributed by atoms with Crippen molar-refractivity contribution >= 4 is 23.9 Å². The van der Waals surface area contributed by atoms with E-state index >= 15 is 0 Å². The van der Waals surface area contributed by atoms with Crippen LogP contribution >= 0.6 is 0 Å². The van der Waals surface area contributed by atoms with E-state index in [2.05, 4.69) is 70.5 Å². The first-order valence-corrected chi connectivity index (χ1v) is 24.1. The van der Waals surface area contributed by atoms with E-state index in [0.717, 1.165) is 63.0 Å². The largest absolute Gasteiger partial charge is 0.467 e. The number of hydrogen-bond acceptors (Lipinski definition) is 9. The van der Waals surface area contributed by atoms with Crippen LogP contribution in [-0.4, -0.2) is 127 Å². The van der Waals surface area contributed by atoms with Crippen LogP contribution in [0.25, 0.3) is 0 Å². The van der Waals surface area contributed by atoms with Crippen LogP contribution in [0.2, 0.25) is 0 Å². The molecule has 8 rings (SSSR count). The lowest BCUT2D eigenvalue weighted by atomic mass is 9.86. The van der Waals surface area contributed by atoms with E-state index in [1.54, 1.807) is 9.80 Å². The maximum absolute atomic E-state index is 14.2. The third-order valence-electron chi connectivity index (χ3n) is 14.0. The lowest BCUT2D eigenvalue weighted by molar-refractivity contribution is -0.156. The molecule has 6 atom stereocenters. The summed E-state index contributed by atoms with van der Waals surface area (Å²) in [6.45, 7) is 10.6. The lowest BCUT2D eigenvalue weighted by Crippen LogP contribution is -2.57. The molecule has 0 radical (unpaired) electrons. The molecular weight excluding hydrogens is 829 g/mol. The molecule has 0 bridgehead atoms. The Kier molecular flexibility index (Phi) is 16.7. The average molecular weight is 899 g/mol. The van der Waals surface area contributed by atoms with Gasteiger partial charge in [0.05, 0.1) is 20.1 Å². The third kappa shape index (κ3) is 12.3. The molecule has 0 unspecified atom stereocenters. The topological polar surface area (TPSA) is 109 Å². The predicted molar refractivity (Wildman–Crippen MR) is 257 cm³/mol. The zero-order chi connectivity index (χ0) is 46.6. The van der Waals surface area contributed by atoms with Crippen molar-refractivity contribution in [2.75, 3.05) is 53.5 Å². The first kappa shape index (κ1) is 48.4. The number of nitrogens with zero attached hydrogens (tertiary/aromatic N) is 4. The maximum atomic E-state index is 14.2. The highest BCUT2D eigenvalue weighted by Crippen LogP contribution is 2.36. The van der Waals surface area contributed by atoms with Crippen molar-refractivity contribution in [3.05, 3.63) is 144 Å². The molecule has 4 heterocycles. The summed E-state index contributed by atoms with van der Waals surface area (Å²) in [7, 11) is 2.80. The second-order valence-electron chi connectivity index (χ2n) is 19.4. The van der Waals surface area contributed by atoms with Crippen molar-refractivity contribution in [2.24, 2.45) is 0 Å². The van der Waals surface area contributed by atoms with Gasteiger partial charge in [0.2, 0.25) is 5.91 Å². The molecule has 11 heteroatoms. The summed E-state index contributed by atoms with van der Waals surface area (Å²) in [5, 5.41) is 0. The Labute approximate surface area is 392 Å². The van der Waals surface area contributed by atoms with E-state index in [-0.39, 0.29) is 29.9 Å². The van der Waals surface area contributed by atoms with Crippen LogP contribution in [0.15, 0.2) is 121 Å². The zero-order valence-corrected chi connectivity index (χ0v) is 39.6. The number of likely N-dealkylation sites (tertiary alicyclic amines) is 4. The van der Waals surface area contributed by atoms with Crippen LogP contribution in [0, 0.1) is 0 Å². The number of rotatable bonds is 9. The van der Waals surface area contributed by atoms with Gasteiger partial charge in [-0.25, -0.2) is 14.4 Å². The smallest absolute Gasteiger partial charge is 0.411 e. The minimum atomic E-state index is -0.593. The molecule has 4 aliphatic heterocycles. The van der Waals surface area contributed by atoms with Crippen LogP contribution < -0.4 is 0 Å². The molecule has 0 aliphatic carbocycles. The standard InChI is InChI=1S/C32H36N2O3.C23H34N2O4/c1-37-32(36)29-22-28(33-20-11-18-27(23-33)24-12-5-2-6-13-24)19-21-34(29)31(35)30(25-14-7-3-8-15-25)26-16-9-4-10-17-26;1-23(2,3)29-22(27)25-14-12-19(15-20(25)21(26)28-4)24-13-8-11-18(16-24)17-9-6-5-7-10-17/h2-10,12-17,27-30H,11,18-23H2,1H3;5-7,9-10,18-20H,8,11-16H2,1-4H3/t27-,28+,29+;18-,19+,20+/m11/s1. The minimum absolute atomic E-state index is 0.0351. The monoisotopic (exact) mass is 899 g/mol. The van der Waals surface area contributed by atoms with Crippen molar-refractivity contribution in [3.63, 3.8) is 0 Å². The Morgan fingerprint density at radius 2 is 0.924 bits per heavy atom. The van der Waals surface area contributed by atoms with Crippen molar-refractivity contribution in [1.82, 2.24) is 19.6 Å². The molecule has 0 aromatic heterocycles. The highest BCUT2D eigenvalue weighted by molar-refractivity contribution is 5.91. The van der Waals surface area contributed by atoms with Crippen LogP contribution in [-0.2, 0) is 28.6 Å². The summed E-state index contributed by atoms with van der Waals surface area (Å²) in [6, 6.07) is 40.5. The highest BCUT2D eigenvalue weighted by Gasteiger charge is 2.43. The summed E-state index contributed by atoms with van der Waals surface area (Å²) in [4.78, 5) is 60.7. The van der Waals surface area contributed by atoms with E-state index < -0.39 is 29.7 Å². The van der Waals surface area contributed by atoms with Gasteiger partial charge in [0, 0.05) is 38.3 Å². The zero-order valence-electron chi connectivity index (χ0n) is 39.6. The molecule has 352 valence electrons. The van der Waals surface area contributed by atoms with Crippen LogP contribution in [0.3, 0.4) is 0 Å². The van der Waals surface area contributed by atoms with Crippen LogP contribution in [0.1, 0.15) is 112 Å². The first-order chi connectivity index (χ1) is 31.9. The van der Waals surface area contributed by atoms with Crippen LogP contribution in [0.5, 0.6) is 0 Å². The predicted octanol–water partition coefficient (Wildman–Crippen LogP) is 9.04. The molecule has 11 nitrogen and oxygen atoms in total. The van der Waals surface area contributed by atoms with Gasteiger partial charge < -0.3 is 19.1 Å². The Hall–Kier alpha value is -5.52. The van der Waals surface area contributed by atoms with E-state index in [1.807, 2.05) is 81.4 Å². The van der Waals surface area contributed by atoms with Crippen molar-refractivity contribution in [2.45, 2.75) is 120 Å². The minimum Gasteiger partial charge on any atom is -0.467 e. The van der Waals surface area contributed by atoms with E-state index in [9.17, 15) is 19.2 Å². The fraction of sp³-hybridized carbons (Fsp3) is 0.491. The van der Waals surface area contributed by atoms with Crippen molar-refractivity contribution in [1.29, 1.82) is 0 Å². The summed E-state index contributed by atoms with van der Waals surface area (Å²) in [5.41, 5.74) is 4.05. The number of methoxy groups -OCH3 is 2. The number of benzene rings is 4. The first-order valence-electron chi connectivity index (χ1n) is 24.1. The fourth-order valence-corrected chi connectivity index (χ4v) is 10.7. The summed E-state index contributed by atoms with van der Waals surface area (Å²) >= 11 is 0. The molecule has 0 N–H and O–H groups in total. The molecule has 4 aliphatic rings. The Balaban J connectivity index is 0.000000203. The third-order valence-corrected chi connectivity index (χ3v) is 14.0. The summed E-state index contributed by atoms with van der Waals surface area (Å²) in [5.74, 6) is -0.153. The van der Waals surface area contributed by atoms with Gasteiger partial charge in [-0.3, -0.25) is 19.5 Å².